The minimum atomic E-state index is -0.186. The second kappa shape index (κ2) is 5.32. The maximum absolute atomic E-state index is 11.1. The molecule has 0 unspecified atom stereocenters. The molecule has 1 aliphatic rings. The highest BCUT2D eigenvalue weighted by Gasteiger charge is 2.12. The van der Waals surface area contributed by atoms with Crippen LogP contribution in [0.1, 0.15) is 23.1 Å². The molecule has 0 atom stereocenters. The van der Waals surface area contributed by atoms with Crippen LogP contribution in [0.3, 0.4) is 0 Å². The molecule has 0 amide bonds. The molecule has 0 bridgehead atoms. The van der Waals surface area contributed by atoms with Crippen LogP contribution in [0.15, 0.2) is 18.2 Å². The van der Waals surface area contributed by atoms with Gasteiger partial charge in [-0.2, -0.15) is 0 Å². The van der Waals surface area contributed by atoms with E-state index in [1.165, 1.54) is 43.1 Å². The zero-order valence-electron chi connectivity index (χ0n) is 10.5. The van der Waals surface area contributed by atoms with Gasteiger partial charge in [-0.05, 0) is 43.0 Å². The zero-order valence-corrected chi connectivity index (χ0v) is 10.5. The molecule has 0 saturated heterocycles. The summed E-state index contributed by atoms with van der Waals surface area (Å²) in [6.45, 7) is 1.13. The molecule has 3 heteroatoms. The summed E-state index contributed by atoms with van der Waals surface area (Å²) in [5.41, 5.74) is 4.25. The largest absolute Gasteiger partial charge is 0.468 e. The second-order valence-corrected chi connectivity index (χ2v) is 4.71. The van der Waals surface area contributed by atoms with E-state index in [0.29, 0.717) is 6.54 Å². The number of rotatable bonds is 4. The monoisotopic (exact) mass is 233 g/mol. The number of carbonyl (C=O) groups excluding carboxylic acids is 1. The number of ether oxygens (including phenoxy) is 1. The predicted molar refractivity (Wildman–Crippen MR) is 66.8 cm³/mol. The third-order valence-corrected chi connectivity index (χ3v) is 3.24. The summed E-state index contributed by atoms with van der Waals surface area (Å²) in [4.78, 5) is 13.1. The summed E-state index contributed by atoms with van der Waals surface area (Å²) in [5, 5.41) is 0. The molecule has 2 rings (SSSR count). The van der Waals surface area contributed by atoms with Crippen molar-refractivity contribution in [2.45, 2.75) is 25.8 Å². The topological polar surface area (TPSA) is 29.5 Å². The summed E-state index contributed by atoms with van der Waals surface area (Å²) < 4.78 is 4.65. The van der Waals surface area contributed by atoms with E-state index in [2.05, 4.69) is 22.9 Å². The highest BCUT2D eigenvalue weighted by molar-refractivity contribution is 5.71. The van der Waals surface area contributed by atoms with E-state index in [9.17, 15) is 4.79 Å². The zero-order chi connectivity index (χ0) is 12.3. The molecule has 1 aliphatic carbocycles. The number of fused-ring (bicyclic) bond motifs is 1. The van der Waals surface area contributed by atoms with Crippen LogP contribution in [-0.4, -0.2) is 31.6 Å². The van der Waals surface area contributed by atoms with Crippen molar-refractivity contribution in [2.75, 3.05) is 20.7 Å². The number of hydrogen-bond acceptors (Lipinski definition) is 3. The van der Waals surface area contributed by atoms with Crippen molar-refractivity contribution in [3.63, 3.8) is 0 Å². The van der Waals surface area contributed by atoms with Crippen LogP contribution in [0.25, 0.3) is 0 Å². The van der Waals surface area contributed by atoms with Gasteiger partial charge >= 0.3 is 5.97 Å². The van der Waals surface area contributed by atoms with E-state index in [1.54, 1.807) is 0 Å². The third kappa shape index (κ3) is 3.07. The maximum Gasteiger partial charge on any atom is 0.319 e. The van der Waals surface area contributed by atoms with Crippen molar-refractivity contribution in [2.24, 2.45) is 0 Å². The number of esters is 1. The van der Waals surface area contributed by atoms with Gasteiger partial charge in [0, 0.05) is 6.54 Å². The van der Waals surface area contributed by atoms with Crippen molar-refractivity contribution in [1.29, 1.82) is 0 Å². The summed E-state index contributed by atoms with van der Waals surface area (Å²) in [6, 6.07) is 6.66. The Hall–Kier alpha value is -1.35. The smallest absolute Gasteiger partial charge is 0.319 e. The number of likely N-dealkylation sites (N-methyl/N-ethyl adjacent to an activating group) is 1. The van der Waals surface area contributed by atoms with Crippen molar-refractivity contribution >= 4 is 5.97 Å². The average molecular weight is 233 g/mol. The lowest BCUT2D eigenvalue weighted by Crippen LogP contribution is -2.26. The Balaban J connectivity index is 1.97. The van der Waals surface area contributed by atoms with Crippen LogP contribution in [-0.2, 0) is 28.9 Å². The van der Waals surface area contributed by atoms with Crippen molar-refractivity contribution in [3.05, 3.63) is 34.9 Å². The first-order valence-electron chi connectivity index (χ1n) is 6.05. The number of benzene rings is 1. The minimum absolute atomic E-state index is 0.186. The second-order valence-electron chi connectivity index (χ2n) is 4.71. The fourth-order valence-electron chi connectivity index (χ4n) is 2.38. The normalized spacial score (nSPS) is 13.8. The molecule has 0 fully saturated rings. The SMILES string of the molecule is COC(=O)CN(C)Cc1ccc2c(c1)CCC2. The lowest BCUT2D eigenvalue weighted by Gasteiger charge is -2.15. The van der Waals surface area contributed by atoms with Crippen LogP contribution in [0.5, 0.6) is 0 Å². The minimum Gasteiger partial charge on any atom is -0.468 e. The maximum atomic E-state index is 11.1. The molecule has 0 aliphatic heterocycles. The Morgan fingerprint density at radius 2 is 2.12 bits per heavy atom. The summed E-state index contributed by atoms with van der Waals surface area (Å²) in [6.07, 6.45) is 3.69. The summed E-state index contributed by atoms with van der Waals surface area (Å²) in [7, 11) is 3.36. The van der Waals surface area contributed by atoms with Crippen LogP contribution in [0, 0.1) is 0 Å². The first kappa shape index (κ1) is 12.1. The van der Waals surface area contributed by atoms with Gasteiger partial charge in [-0.1, -0.05) is 18.2 Å². The molecule has 0 radical (unpaired) electrons. The van der Waals surface area contributed by atoms with Gasteiger partial charge in [0.15, 0.2) is 0 Å². The molecule has 3 nitrogen and oxygen atoms in total. The molecule has 17 heavy (non-hydrogen) atoms. The first-order chi connectivity index (χ1) is 8.19. The Bertz CT molecular complexity index is 415. The molecule has 0 heterocycles. The van der Waals surface area contributed by atoms with Gasteiger partial charge in [-0.25, -0.2) is 0 Å². The predicted octanol–water partition coefficient (Wildman–Crippen LogP) is 1.78. The lowest BCUT2D eigenvalue weighted by molar-refractivity contribution is -0.141. The van der Waals surface area contributed by atoms with E-state index in [0.717, 1.165) is 6.54 Å². The van der Waals surface area contributed by atoms with Crippen molar-refractivity contribution in [3.8, 4) is 0 Å². The van der Waals surface area contributed by atoms with Crippen LogP contribution >= 0.6 is 0 Å². The van der Waals surface area contributed by atoms with E-state index < -0.39 is 0 Å². The van der Waals surface area contributed by atoms with Crippen LogP contribution in [0.4, 0.5) is 0 Å². The van der Waals surface area contributed by atoms with E-state index in [4.69, 9.17) is 0 Å². The summed E-state index contributed by atoms with van der Waals surface area (Å²) >= 11 is 0. The average Bonchev–Trinajstić information content (AvgIpc) is 2.75. The van der Waals surface area contributed by atoms with Crippen molar-refractivity contribution < 1.29 is 9.53 Å². The Morgan fingerprint density at radius 3 is 2.88 bits per heavy atom. The number of nitrogens with zero attached hydrogens (tertiary/aromatic N) is 1. The van der Waals surface area contributed by atoms with Gasteiger partial charge in [0.25, 0.3) is 0 Å². The Morgan fingerprint density at radius 1 is 1.35 bits per heavy atom. The Labute approximate surface area is 102 Å². The number of hydrogen-bond donors (Lipinski definition) is 0. The van der Waals surface area contributed by atoms with E-state index in [-0.39, 0.29) is 5.97 Å². The molecule has 0 aromatic heterocycles. The number of carbonyl (C=O) groups is 1. The molecule has 92 valence electrons. The van der Waals surface area contributed by atoms with E-state index >= 15 is 0 Å². The molecular weight excluding hydrogens is 214 g/mol. The number of methoxy groups -OCH3 is 1. The van der Waals surface area contributed by atoms with Gasteiger partial charge in [0.2, 0.25) is 0 Å². The van der Waals surface area contributed by atoms with Gasteiger partial charge in [0.05, 0.1) is 13.7 Å². The highest BCUT2D eigenvalue weighted by Crippen LogP contribution is 2.23. The standard InChI is InChI=1S/C14H19NO2/c1-15(10-14(16)17-2)9-11-6-7-12-4-3-5-13(12)8-11/h6-8H,3-5,9-10H2,1-2H3. The molecule has 0 saturated carbocycles. The summed E-state index contributed by atoms with van der Waals surface area (Å²) in [5.74, 6) is -0.186. The van der Waals surface area contributed by atoms with E-state index in [1.807, 2.05) is 11.9 Å². The van der Waals surface area contributed by atoms with Gasteiger partial charge in [0.1, 0.15) is 0 Å². The van der Waals surface area contributed by atoms with Gasteiger partial charge in [-0.15, -0.1) is 0 Å². The Kier molecular flexibility index (Phi) is 3.79. The molecular formula is C14H19NO2. The highest BCUT2D eigenvalue weighted by atomic mass is 16.5. The quantitative estimate of drug-likeness (QED) is 0.742. The fourth-order valence-corrected chi connectivity index (χ4v) is 2.38. The molecule has 1 aromatic rings. The molecule has 0 N–H and O–H groups in total. The van der Waals surface area contributed by atoms with Gasteiger partial charge in [-0.3, -0.25) is 9.69 Å². The van der Waals surface area contributed by atoms with Crippen LogP contribution in [0.2, 0.25) is 0 Å². The van der Waals surface area contributed by atoms with Crippen molar-refractivity contribution in [1.82, 2.24) is 4.90 Å². The molecule has 1 aromatic carbocycles. The lowest BCUT2D eigenvalue weighted by atomic mass is 10.1. The number of aryl methyl sites for hydroxylation is 2. The third-order valence-electron chi connectivity index (χ3n) is 3.24. The molecule has 0 spiro atoms. The fraction of sp³-hybridized carbons (Fsp3) is 0.500. The van der Waals surface area contributed by atoms with Gasteiger partial charge < -0.3 is 4.74 Å². The van der Waals surface area contributed by atoms with Crippen LogP contribution < -0.4 is 0 Å². The first-order valence-corrected chi connectivity index (χ1v) is 6.05.